The van der Waals surface area contributed by atoms with Crippen LogP contribution in [0.3, 0.4) is 0 Å². The molecule has 0 amide bonds. The summed E-state index contributed by atoms with van der Waals surface area (Å²) in [5, 5.41) is 13.5. The van der Waals surface area contributed by atoms with Crippen molar-refractivity contribution in [3.05, 3.63) is 65.5 Å². The molecule has 7 heteroatoms. The Kier molecular flexibility index (Phi) is 3.60. The van der Waals surface area contributed by atoms with Gasteiger partial charge in [-0.2, -0.15) is 5.10 Å². The number of aromatic carboxylic acids is 1. The lowest BCUT2D eigenvalue weighted by Gasteiger charge is -2.10. The summed E-state index contributed by atoms with van der Waals surface area (Å²) < 4.78 is 14.5. The van der Waals surface area contributed by atoms with Gasteiger partial charge in [0.05, 0.1) is 16.3 Å². The van der Waals surface area contributed by atoms with Crippen LogP contribution in [0.1, 0.15) is 10.4 Å². The minimum absolute atomic E-state index is 0.0764. The minimum atomic E-state index is -1.08. The van der Waals surface area contributed by atoms with E-state index in [4.69, 9.17) is 11.6 Å². The number of halogens is 2. The van der Waals surface area contributed by atoms with E-state index in [2.05, 4.69) is 10.1 Å². The fourth-order valence-electron chi connectivity index (χ4n) is 2.13. The summed E-state index contributed by atoms with van der Waals surface area (Å²) in [7, 11) is 0. The van der Waals surface area contributed by atoms with Crippen molar-refractivity contribution in [3.63, 3.8) is 0 Å². The lowest BCUT2D eigenvalue weighted by molar-refractivity contribution is 0.0697. The molecule has 1 N–H and O–H groups in total. The van der Waals surface area contributed by atoms with Gasteiger partial charge in [0, 0.05) is 5.56 Å². The molecular formula is C15H9ClFN3O2. The Hall–Kier alpha value is -2.73. The van der Waals surface area contributed by atoms with Crippen LogP contribution in [0.25, 0.3) is 16.8 Å². The van der Waals surface area contributed by atoms with Crippen molar-refractivity contribution in [1.29, 1.82) is 0 Å². The molecule has 0 atom stereocenters. The second-order valence-corrected chi connectivity index (χ2v) is 4.91. The van der Waals surface area contributed by atoms with Crippen LogP contribution in [0.4, 0.5) is 4.39 Å². The van der Waals surface area contributed by atoms with E-state index in [-0.39, 0.29) is 10.6 Å². The molecule has 0 bridgehead atoms. The standard InChI is InChI=1S/C15H9ClFN3O2/c16-13-6-10(17)2-4-11(13)9-1-3-12(15(21)22)14(5-9)20-8-18-7-19-20/h1-8H,(H,21,22). The van der Waals surface area contributed by atoms with Gasteiger partial charge in [-0.05, 0) is 35.9 Å². The van der Waals surface area contributed by atoms with E-state index < -0.39 is 11.8 Å². The second-order valence-electron chi connectivity index (χ2n) is 4.50. The molecule has 0 unspecified atom stereocenters. The van der Waals surface area contributed by atoms with Gasteiger partial charge in [-0.15, -0.1) is 0 Å². The first-order valence-electron chi connectivity index (χ1n) is 6.24. The lowest BCUT2D eigenvalue weighted by atomic mass is 10.0. The summed E-state index contributed by atoms with van der Waals surface area (Å²) in [5.74, 6) is -1.52. The van der Waals surface area contributed by atoms with Gasteiger partial charge in [-0.25, -0.2) is 18.9 Å². The largest absolute Gasteiger partial charge is 0.478 e. The predicted molar refractivity (Wildman–Crippen MR) is 78.7 cm³/mol. The molecule has 1 aromatic heterocycles. The van der Waals surface area contributed by atoms with Gasteiger partial charge >= 0.3 is 5.97 Å². The molecule has 0 fully saturated rings. The zero-order chi connectivity index (χ0) is 15.7. The van der Waals surface area contributed by atoms with Crippen molar-refractivity contribution in [3.8, 4) is 16.8 Å². The summed E-state index contributed by atoms with van der Waals surface area (Å²) in [4.78, 5) is 15.2. The van der Waals surface area contributed by atoms with E-state index in [1.54, 1.807) is 18.2 Å². The molecule has 0 aliphatic carbocycles. The highest BCUT2D eigenvalue weighted by atomic mass is 35.5. The Morgan fingerprint density at radius 1 is 1.23 bits per heavy atom. The molecule has 2 aromatic carbocycles. The third-order valence-electron chi connectivity index (χ3n) is 3.14. The Morgan fingerprint density at radius 3 is 2.68 bits per heavy atom. The maximum Gasteiger partial charge on any atom is 0.337 e. The zero-order valence-electron chi connectivity index (χ0n) is 11.1. The molecule has 3 rings (SSSR count). The minimum Gasteiger partial charge on any atom is -0.478 e. The monoisotopic (exact) mass is 317 g/mol. The van der Waals surface area contributed by atoms with Crippen molar-refractivity contribution in [2.24, 2.45) is 0 Å². The number of hydrogen-bond donors (Lipinski definition) is 1. The van der Waals surface area contributed by atoms with E-state index in [1.165, 1.54) is 35.5 Å². The van der Waals surface area contributed by atoms with Crippen molar-refractivity contribution < 1.29 is 14.3 Å². The number of carboxylic acid groups (broad SMARTS) is 1. The summed E-state index contributed by atoms with van der Waals surface area (Å²) >= 11 is 6.05. The molecule has 5 nitrogen and oxygen atoms in total. The first-order chi connectivity index (χ1) is 10.6. The number of benzene rings is 2. The number of hydrogen-bond acceptors (Lipinski definition) is 3. The van der Waals surface area contributed by atoms with Crippen LogP contribution in [0.5, 0.6) is 0 Å². The Balaban J connectivity index is 2.19. The summed E-state index contributed by atoms with van der Waals surface area (Å²) in [6.45, 7) is 0. The Labute approximate surface area is 129 Å². The molecular weight excluding hydrogens is 309 g/mol. The van der Waals surface area contributed by atoms with Crippen LogP contribution >= 0.6 is 11.6 Å². The van der Waals surface area contributed by atoms with Crippen LogP contribution in [0.2, 0.25) is 5.02 Å². The highest BCUT2D eigenvalue weighted by Gasteiger charge is 2.15. The molecule has 3 aromatic rings. The van der Waals surface area contributed by atoms with E-state index in [9.17, 15) is 14.3 Å². The van der Waals surface area contributed by atoms with Crippen molar-refractivity contribution in [1.82, 2.24) is 14.8 Å². The van der Waals surface area contributed by atoms with Gasteiger partial charge in [-0.1, -0.05) is 17.7 Å². The highest BCUT2D eigenvalue weighted by Crippen LogP contribution is 2.30. The average Bonchev–Trinajstić information content (AvgIpc) is 3.00. The smallest absolute Gasteiger partial charge is 0.337 e. The van der Waals surface area contributed by atoms with Crippen LogP contribution in [-0.2, 0) is 0 Å². The normalized spacial score (nSPS) is 10.6. The summed E-state index contributed by atoms with van der Waals surface area (Å²) in [6, 6.07) is 8.73. The second kappa shape index (κ2) is 5.57. The van der Waals surface area contributed by atoms with Crippen molar-refractivity contribution >= 4 is 17.6 Å². The lowest BCUT2D eigenvalue weighted by Crippen LogP contribution is -2.06. The number of aromatic nitrogens is 3. The first kappa shape index (κ1) is 14.2. The molecule has 0 spiro atoms. The highest BCUT2D eigenvalue weighted by molar-refractivity contribution is 6.33. The van der Waals surface area contributed by atoms with Gasteiger partial charge in [0.1, 0.15) is 18.5 Å². The molecule has 22 heavy (non-hydrogen) atoms. The number of carboxylic acids is 1. The fraction of sp³-hybridized carbons (Fsp3) is 0. The van der Waals surface area contributed by atoms with Crippen LogP contribution in [-0.4, -0.2) is 25.8 Å². The van der Waals surface area contributed by atoms with Gasteiger partial charge < -0.3 is 5.11 Å². The molecule has 110 valence electrons. The summed E-state index contributed by atoms with van der Waals surface area (Å²) in [6.07, 6.45) is 2.71. The maximum atomic E-state index is 13.2. The zero-order valence-corrected chi connectivity index (χ0v) is 11.8. The van der Waals surface area contributed by atoms with Crippen LogP contribution in [0, 0.1) is 5.82 Å². The molecule has 0 aliphatic rings. The first-order valence-corrected chi connectivity index (χ1v) is 6.62. The van der Waals surface area contributed by atoms with Crippen molar-refractivity contribution in [2.45, 2.75) is 0 Å². The third-order valence-corrected chi connectivity index (χ3v) is 3.45. The van der Waals surface area contributed by atoms with Gasteiger partial charge in [-0.3, -0.25) is 0 Å². The molecule has 1 heterocycles. The fourth-order valence-corrected chi connectivity index (χ4v) is 2.40. The molecule has 0 saturated carbocycles. The van der Waals surface area contributed by atoms with Gasteiger partial charge in [0.15, 0.2) is 0 Å². The van der Waals surface area contributed by atoms with E-state index in [1.807, 2.05) is 0 Å². The SMILES string of the molecule is O=C(O)c1ccc(-c2ccc(F)cc2Cl)cc1-n1cncn1. The van der Waals surface area contributed by atoms with E-state index >= 15 is 0 Å². The van der Waals surface area contributed by atoms with Crippen LogP contribution < -0.4 is 0 Å². The predicted octanol–water partition coefficient (Wildman–Crippen LogP) is 3.43. The average molecular weight is 318 g/mol. The topological polar surface area (TPSA) is 68.0 Å². The summed E-state index contributed by atoms with van der Waals surface area (Å²) in [5.41, 5.74) is 1.68. The number of nitrogens with zero attached hydrogens (tertiary/aromatic N) is 3. The maximum absolute atomic E-state index is 13.2. The molecule has 0 aliphatic heterocycles. The third kappa shape index (κ3) is 2.56. The van der Waals surface area contributed by atoms with E-state index in [0.29, 0.717) is 16.8 Å². The van der Waals surface area contributed by atoms with Gasteiger partial charge in [0.2, 0.25) is 0 Å². The number of carbonyl (C=O) groups is 1. The Morgan fingerprint density at radius 2 is 2.05 bits per heavy atom. The quantitative estimate of drug-likeness (QED) is 0.803. The van der Waals surface area contributed by atoms with Crippen molar-refractivity contribution in [2.75, 3.05) is 0 Å². The van der Waals surface area contributed by atoms with Gasteiger partial charge in [0.25, 0.3) is 0 Å². The molecule has 0 radical (unpaired) electrons. The Bertz CT molecular complexity index is 850. The van der Waals surface area contributed by atoms with Crippen LogP contribution in [0.15, 0.2) is 49.1 Å². The number of rotatable bonds is 3. The molecule has 0 saturated heterocycles. The van der Waals surface area contributed by atoms with E-state index in [0.717, 1.165) is 0 Å².